The number of nitrogens with one attached hydrogen (secondary N) is 1. The minimum Gasteiger partial charge on any atom is -0.373 e. The lowest BCUT2D eigenvalue weighted by molar-refractivity contribution is -0.116. The van der Waals surface area contributed by atoms with Crippen LogP contribution in [0.2, 0.25) is 0 Å². The first-order valence-corrected chi connectivity index (χ1v) is 11.0. The summed E-state index contributed by atoms with van der Waals surface area (Å²) in [4.78, 5) is 20.0. The smallest absolute Gasteiger partial charge is 0.161 e. The molecule has 2 aromatic carbocycles. The molecule has 152 valence electrons. The van der Waals surface area contributed by atoms with Crippen molar-refractivity contribution in [1.29, 1.82) is 0 Å². The Morgan fingerprint density at radius 2 is 1.83 bits per heavy atom. The average Bonchev–Trinajstić information content (AvgIpc) is 2.79. The van der Waals surface area contributed by atoms with Crippen LogP contribution in [0.1, 0.15) is 50.3 Å². The maximum atomic E-state index is 13.1. The molecule has 0 amide bonds. The van der Waals surface area contributed by atoms with Crippen molar-refractivity contribution in [2.75, 3.05) is 23.3 Å². The summed E-state index contributed by atoms with van der Waals surface area (Å²) in [5.74, 6) is 0.271. The lowest BCUT2D eigenvalue weighted by atomic mass is 9.77. The summed E-state index contributed by atoms with van der Waals surface area (Å²) in [7, 11) is 0. The molecule has 4 nitrogen and oxygen atoms in total. The molecule has 3 aromatic rings. The van der Waals surface area contributed by atoms with E-state index in [2.05, 4.69) is 71.5 Å². The third kappa shape index (κ3) is 2.98. The Labute approximate surface area is 177 Å². The molecule has 0 unspecified atom stereocenters. The molecule has 0 fully saturated rings. The molecule has 0 spiro atoms. The zero-order chi connectivity index (χ0) is 20.7. The highest BCUT2D eigenvalue weighted by Gasteiger charge is 2.35. The maximum Gasteiger partial charge on any atom is 0.161 e. The highest BCUT2D eigenvalue weighted by Crippen LogP contribution is 2.47. The lowest BCUT2D eigenvalue weighted by Crippen LogP contribution is -2.27. The number of pyridine rings is 1. The number of aromatic nitrogens is 1. The number of fused-ring (bicyclic) bond motifs is 4. The summed E-state index contributed by atoms with van der Waals surface area (Å²) < 4.78 is 0. The van der Waals surface area contributed by atoms with E-state index in [1.807, 2.05) is 12.3 Å². The number of carbonyl (C=O) groups is 1. The Balaban J connectivity index is 1.64. The molecule has 2 heterocycles. The molecule has 0 radical (unpaired) electrons. The monoisotopic (exact) mass is 397 g/mol. The first kappa shape index (κ1) is 18.9. The van der Waals surface area contributed by atoms with Crippen LogP contribution in [0.3, 0.4) is 0 Å². The van der Waals surface area contributed by atoms with Crippen LogP contribution >= 0.6 is 0 Å². The second-order valence-corrected chi connectivity index (χ2v) is 8.07. The first-order valence-electron chi connectivity index (χ1n) is 11.0. The van der Waals surface area contributed by atoms with E-state index in [4.69, 9.17) is 0 Å². The van der Waals surface area contributed by atoms with Gasteiger partial charge >= 0.3 is 0 Å². The number of Topliss-reactive ketones (excluding diaryl/α,β-unsaturated/α-hetero) is 1. The van der Waals surface area contributed by atoms with E-state index in [-0.39, 0.29) is 11.8 Å². The van der Waals surface area contributed by atoms with Gasteiger partial charge in [-0.15, -0.1) is 0 Å². The van der Waals surface area contributed by atoms with E-state index < -0.39 is 0 Å². The van der Waals surface area contributed by atoms with Crippen molar-refractivity contribution in [2.24, 2.45) is 0 Å². The summed E-state index contributed by atoms with van der Waals surface area (Å²) in [6.07, 6.45) is 4.32. The predicted octanol–water partition coefficient (Wildman–Crippen LogP) is 5.75. The molecule has 0 bridgehead atoms. The molecule has 0 saturated heterocycles. The SMILES string of the molecule is CCN(CC)c1ccc([C@H]2Nc3ccc4ncccc4c3C3=C2C(=O)CCC3)cc1. The summed E-state index contributed by atoms with van der Waals surface area (Å²) in [6.45, 7) is 6.32. The topological polar surface area (TPSA) is 45.2 Å². The summed E-state index contributed by atoms with van der Waals surface area (Å²) in [6, 6.07) is 16.9. The van der Waals surface area contributed by atoms with Crippen molar-refractivity contribution < 1.29 is 4.79 Å². The van der Waals surface area contributed by atoms with Crippen LogP contribution < -0.4 is 10.2 Å². The van der Waals surface area contributed by atoms with Crippen LogP contribution in [-0.4, -0.2) is 23.9 Å². The minimum atomic E-state index is -0.0971. The van der Waals surface area contributed by atoms with E-state index in [9.17, 15) is 4.79 Å². The largest absolute Gasteiger partial charge is 0.373 e. The Hall–Kier alpha value is -3.14. The number of ketones is 1. The number of rotatable bonds is 4. The minimum absolute atomic E-state index is 0.0971. The molecular formula is C26H27N3O. The highest BCUT2D eigenvalue weighted by molar-refractivity contribution is 6.12. The van der Waals surface area contributed by atoms with Crippen molar-refractivity contribution in [1.82, 2.24) is 4.98 Å². The fraction of sp³-hybridized carbons (Fsp3) is 0.308. The summed E-state index contributed by atoms with van der Waals surface area (Å²) in [5, 5.41) is 4.82. The molecular weight excluding hydrogens is 370 g/mol. The van der Waals surface area contributed by atoms with Crippen molar-refractivity contribution in [3.05, 3.63) is 71.4 Å². The number of hydrogen-bond donors (Lipinski definition) is 1. The van der Waals surface area contributed by atoms with Crippen molar-refractivity contribution in [3.63, 3.8) is 0 Å². The number of allylic oxidation sites excluding steroid dienone is 1. The van der Waals surface area contributed by atoms with Crippen LogP contribution in [0.5, 0.6) is 0 Å². The molecule has 0 saturated carbocycles. The number of anilines is 2. The summed E-state index contributed by atoms with van der Waals surface area (Å²) in [5.41, 5.74) is 7.76. The molecule has 1 aliphatic carbocycles. The predicted molar refractivity (Wildman–Crippen MR) is 124 cm³/mol. The van der Waals surface area contributed by atoms with Crippen LogP contribution in [0.15, 0.2) is 60.3 Å². The van der Waals surface area contributed by atoms with Gasteiger partial charge in [-0.25, -0.2) is 0 Å². The number of hydrogen-bond acceptors (Lipinski definition) is 4. The van der Waals surface area contributed by atoms with Gasteiger partial charge in [0.1, 0.15) is 0 Å². The van der Waals surface area contributed by atoms with E-state index in [0.717, 1.165) is 53.7 Å². The molecule has 2 aliphatic rings. The van der Waals surface area contributed by atoms with Gasteiger partial charge in [0, 0.05) is 53.6 Å². The average molecular weight is 398 g/mol. The van der Waals surface area contributed by atoms with Gasteiger partial charge in [0.25, 0.3) is 0 Å². The van der Waals surface area contributed by atoms with Gasteiger partial charge in [0.05, 0.1) is 11.6 Å². The maximum absolute atomic E-state index is 13.1. The number of carbonyl (C=O) groups excluding carboxylic acids is 1. The van der Waals surface area contributed by atoms with Crippen LogP contribution in [0.25, 0.3) is 16.5 Å². The number of nitrogens with zero attached hydrogens (tertiary/aromatic N) is 2. The fourth-order valence-electron chi connectivity index (χ4n) is 5.00. The molecule has 4 heteroatoms. The van der Waals surface area contributed by atoms with E-state index in [1.54, 1.807) is 0 Å². The first-order chi connectivity index (χ1) is 14.7. The van der Waals surface area contributed by atoms with Gasteiger partial charge < -0.3 is 10.2 Å². The molecule has 1 aromatic heterocycles. The Bertz CT molecular complexity index is 1140. The van der Waals surface area contributed by atoms with Gasteiger partial charge in [0.2, 0.25) is 0 Å². The molecule has 1 aliphatic heterocycles. The zero-order valence-electron chi connectivity index (χ0n) is 17.6. The quantitative estimate of drug-likeness (QED) is 0.608. The Morgan fingerprint density at radius 3 is 2.60 bits per heavy atom. The highest BCUT2D eigenvalue weighted by atomic mass is 16.1. The van der Waals surface area contributed by atoms with E-state index >= 15 is 0 Å². The molecule has 1 atom stereocenters. The van der Waals surface area contributed by atoms with Crippen LogP contribution in [0, 0.1) is 0 Å². The normalized spacial score (nSPS) is 18.1. The fourth-order valence-corrected chi connectivity index (χ4v) is 5.00. The van der Waals surface area contributed by atoms with Crippen LogP contribution in [0.4, 0.5) is 11.4 Å². The zero-order valence-corrected chi connectivity index (χ0v) is 17.6. The van der Waals surface area contributed by atoms with Gasteiger partial charge in [-0.2, -0.15) is 0 Å². The molecule has 1 N–H and O–H groups in total. The molecule has 5 rings (SSSR count). The molecule has 30 heavy (non-hydrogen) atoms. The van der Waals surface area contributed by atoms with Gasteiger partial charge in [-0.1, -0.05) is 18.2 Å². The van der Waals surface area contributed by atoms with Crippen molar-refractivity contribution >= 4 is 33.6 Å². The van der Waals surface area contributed by atoms with E-state index in [0.29, 0.717) is 6.42 Å². The standard InChI is InChI=1S/C26H27N3O/c1-3-29(4-2)18-12-10-17(11-13-18)26-25-20(7-5-9-23(25)30)24-19-8-6-16-27-21(19)14-15-22(24)28-26/h6,8,10-16,26,28H,3-5,7,9H2,1-2H3/t26-/m1/s1. The second kappa shape index (κ2) is 7.60. The van der Waals surface area contributed by atoms with Crippen molar-refractivity contribution in [2.45, 2.75) is 39.2 Å². The van der Waals surface area contributed by atoms with Gasteiger partial charge in [-0.05, 0) is 68.2 Å². The van der Waals surface area contributed by atoms with Gasteiger partial charge in [-0.3, -0.25) is 9.78 Å². The Kier molecular flexibility index (Phi) is 4.78. The summed E-state index contributed by atoms with van der Waals surface area (Å²) >= 11 is 0. The van der Waals surface area contributed by atoms with Crippen LogP contribution in [-0.2, 0) is 4.79 Å². The second-order valence-electron chi connectivity index (χ2n) is 8.07. The number of benzene rings is 2. The third-order valence-electron chi connectivity index (χ3n) is 6.49. The van der Waals surface area contributed by atoms with E-state index in [1.165, 1.54) is 16.8 Å². The van der Waals surface area contributed by atoms with Gasteiger partial charge in [0.15, 0.2) is 5.78 Å². The Morgan fingerprint density at radius 1 is 1.03 bits per heavy atom. The lowest BCUT2D eigenvalue weighted by Gasteiger charge is -2.35. The third-order valence-corrected chi connectivity index (χ3v) is 6.49. The van der Waals surface area contributed by atoms with Crippen molar-refractivity contribution in [3.8, 4) is 0 Å².